The van der Waals surface area contributed by atoms with Crippen LogP contribution in [0.25, 0.3) is 0 Å². The maximum atomic E-state index is 10.5. The van der Waals surface area contributed by atoms with Gasteiger partial charge < -0.3 is 5.32 Å². The minimum atomic E-state index is 0.131. The molecule has 0 bridgehead atoms. The van der Waals surface area contributed by atoms with E-state index in [0.29, 0.717) is 6.04 Å². The maximum Gasteiger partial charge on any atom is 0.279 e. The third-order valence-corrected chi connectivity index (χ3v) is 2.94. The number of carbonyl (C=O) groups is 1. The molecule has 1 N–H and O–H groups in total. The Morgan fingerprint density at radius 2 is 2.75 bits per heavy atom. The van der Waals surface area contributed by atoms with Gasteiger partial charge in [-0.2, -0.15) is 0 Å². The van der Waals surface area contributed by atoms with Crippen LogP contribution in [0.5, 0.6) is 0 Å². The van der Waals surface area contributed by atoms with Gasteiger partial charge in [0.25, 0.3) is 5.24 Å². The molecule has 46 valence electrons. The summed E-state index contributed by atoms with van der Waals surface area (Å²) in [6, 6.07) is 0.424. The number of thioether (sulfide) groups is 1. The van der Waals surface area contributed by atoms with E-state index in [0.717, 1.165) is 10.2 Å². The molecule has 1 atom stereocenters. The van der Waals surface area contributed by atoms with E-state index >= 15 is 0 Å². The van der Waals surface area contributed by atoms with Crippen molar-refractivity contribution >= 4 is 39.6 Å². The zero-order valence-corrected chi connectivity index (χ0v) is 7.16. The Morgan fingerprint density at radius 1 is 2.00 bits per heavy atom. The molecule has 1 heterocycles. The maximum absolute atomic E-state index is 10.5. The van der Waals surface area contributed by atoms with Crippen LogP contribution in [-0.4, -0.2) is 21.5 Å². The minimum Gasteiger partial charge on any atom is -0.343 e. The second kappa shape index (κ2) is 2.91. The normalized spacial score (nSPS) is 28.1. The number of alkyl halides is 1. The smallest absolute Gasteiger partial charge is 0.279 e. The van der Waals surface area contributed by atoms with Gasteiger partial charge >= 0.3 is 0 Å². The van der Waals surface area contributed by atoms with Crippen molar-refractivity contribution in [3.63, 3.8) is 0 Å². The number of rotatable bonds is 1. The molecule has 0 aromatic heterocycles. The van der Waals surface area contributed by atoms with Crippen molar-refractivity contribution in [1.29, 1.82) is 0 Å². The van der Waals surface area contributed by atoms with E-state index in [-0.39, 0.29) is 5.24 Å². The average Bonchev–Trinajstić information content (AvgIpc) is 2.14. The zero-order chi connectivity index (χ0) is 5.98. The number of hydrogen-bond donors (Lipinski definition) is 1. The van der Waals surface area contributed by atoms with E-state index in [2.05, 4.69) is 27.9 Å². The van der Waals surface area contributed by atoms with Crippen LogP contribution in [0.4, 0.5) is 4.79 Å². The molecule has 8 heavy (non-hydrogen) atoms. The summed E-state index contributed by atoms with van der Waals surface area (Å²) in [7, 11) is 0. The molecule has 1 saturated heterocycles. The summed E-state index contributed by atoms with van der Waals surface area (Å²) in [5.74, 6) is 0.946. The molecule has 1 amide bonds. The molecule has 0 radical (unpaired) electrons. The van der Waals surface area contributed by atoms with Crippen LogP contribution < -0.4 is 5.32 Å². The molecule has 1 fully saturated rings. The Morgan fingerprint density at radius 3 is 3.00 bits per heavy atom. The molecule has 0 aromatic carbocycles. The number of hydrogen-bond acceptors (Lipinski definition) is 2. The standard InChI is InChI=1S/C4H6INOS/c5-1-3-2-8-4(7)6-3/h3H,1-2H2,(H,6,7)/t3-/m1/s1. The van der Waals surface area contributed by atoms with Crippen molar-refractivity contribution in [2.45, 2.75) is 6.04 Å². The molecule has 0 aromatic rings. The van der Waals surface area contributed by atoms with Crippen LogP contribution in [-0.2, 0) is 0 Å². The molecule has 1 rings (SSSR count). The minimum absolute atomic E-state index is 0.131. The molecule has 1 aliphatic rings. The summed E-state index contributed by atoms with van der Waals surface area (Å²) in [6.07, 6.45) is 0. The van der Waals surface area contributed by atoms with Crippen LogP contribution >= 0.6 is 34.4 Å². The highest BCUT2D eigenvalue weighted by atomic mass is 127. The third kappa shape index (κ3) is 1.51. The molecular weight excluding hydrogens is 237 g/mol. The molecular formula is C4H6INOS. The lowest BCUT2D eigenvalue weighted by Gasteiger charge is -1.99. The third-order valence-electron chi connectivity index (χ3n) is 0.924. The van der Waals surface area contributed by atoms with E-state index in [1.807, 2.05) is 0 Å². The van der Waals surface area contributed by atoms with Crippen molar-refractivity contribution in [2.24, 2.45) is 0 Å². The number of amides is 1. The second-order valence-corrected chi connectivity index (χ2v) is 3.47. The average molecular weight is 243 g/mol. The zero-order valence-electron chi connectivity index (χ0n) is 4.19. The fourth-order valence-corrected chi connectivity index (χ4v) is 2.27. The SMILES string of the molecule is O=C1N[C@H](CI)CS1. The number of halogens is 1. The largest absolute Gasteiger partial charge is 0.343 e. The van der Waals surface area contributed by atoms with Crippen LogP contribution in [0.2, 0.25) is 0 Å². The lowest BCUT2D eigenvalue weighted by Crippen LogP contribution is -2.26. The summed E-state index contributed by atoms with van der Waals surface area (Å²) in [6.45, 7) is 0. The van der Waals surface area contributed by atoms with Gasteiger partial charge in [-0.05, 0) is 0 Å². The molecule has 0 spiro atoms. The fourth-order valence-electron chi connectivity index (χ4n) is 0.509. The highest BCUT2D eigenvalue weighted by molar-refractivity contribution is 14.1. The van der Waals surface area contributed by atoms with Crippen LogP contribution in [0.1, 0.15) is 0 Å². The van der Waals surface area contributed by atoms with Gasteiger partial charge in [0.15, 0.2) is 0 Å². The Bertz CT molecular complexity index is 108. The van der Waals surface area contributed by atoms with Crippen molar-refractivity contribution in [1.82, 2.24) is 5.32 Å². The molecule has 2 nitrogen and oxygen atoms in total. The first-order valence-electron chi connectivity index (χ1n) is 2.32. The fraction of sp³-hybridized carbons (Fsp3) is 0.750. The van der Waals surface area contributed by atoms with Gasteiger partial charge in [0.2, 0.25) is 0 Å². The quantitative estimate of drug-likeness (QED) is 0.554. The van der Waals surface area contributed by atoms with E-state index in [4.69, 9.17) is 0 Å². The summed E-state index contributed by atoms with van der Waals surface area (Å²) in [5.41, 5.74) is 0. The van der Waals surface area contributed by atoms with Crippen LogP contribution in [0.3, 0.4) is 0 Å². The summed E-state index contributed by atoms with van der Waals surface area (Å²) in [4.78, 5) is 10.5. The topological polar surface area (TPSA) is 29.1 Å². The van der Waals surface area contributed by atoms with Gasteiger partial charge in [0.1, 0.15) is 0 Å². The molecule has 0 aliphatic carbocycles. The summed E-state index contributed by atoms with van der Waals surface area (Å²) < 4.78 is 1.02. The Labute approximate surface area is 65.9 Å². The lowest BCUT2D eigenvalue weighted by molar-refractivity contribution is 0.261. The summed E-state index contributed by atoms with van der Waals surface area (Å²) >= 11 is 3.65. The van der Waals surface area contributed by atoms with Gasteiger partial charge in [-0.15, -0.1) is 0 Å². The molecule has 0 unspecified atom stereocenters. The van der Waals surface area contributed by atoms with Crippen LogP contribution in [0, 0.1) is 0 Å². The van der Waals surface area contributed by atoms with Crippen molar-refractivity contribution < 1.29 is 4.79 Å². The van der Waals surface area contributed by atoms with Gasteiger partial charge in [0.05, 0.1) is 0 Å². The van der Waals surface area contributed by atoms with E-state index in [9.17, 15) is 4.79 Å². The van der Waals surface area contributed by atoms with E-state index in [1.54, 1.807) is 0 Å². The Balaban J connectivity index is 2.32. The Hall–Kier alpha value is 0.550. The number of nitrogens with one attached hydrogen (secondary N) is 1. The summed E-state index contributed by atoms with van der Waals surface area (Å²) in [5, 5.41) is 2.95. The lowest BCUT2D eigenvalue weighted by atomic mass is 10.4. The van der Waals surface area contributed by atoms with Crippen molar-refractivity contribution in [2.75, 3.05) is 10.2 Å². The first-order valence-corrected chi connectivity index (χ1v) is 4.83. The molecule has 0 saturated carbocycles. The monoisotopic (exact) mass is 243 g/mol. The first kappa shape index (κ1) is 6.67. The molecule has 4 heteroatoms. The van der Waals surface area contributed by atoms with Gasteiger partial charge in [-0.1, -0.05) is 34.4 Å². The Kier molecular flexibility index (Phi) is 2.43. The van der Waals surface area contributed by atoms with Gasteiger partial charge in [-0.3, -0.25) is 4.79 Å². The predicted molar refractivity (Wildman–Crippen MR) is 43.7 cm³/mol. The van der Waals surface area contributed by atoms with E-state index in [1.165, 1.54) is 11.8 Å². The predicted octanol–water partition coefficient (Wildman–Crippen LogP) is 1.25. The van der Waals surface area contributed by atoms with Gasteiger partial charge in [-0.25, -0.2) is 0 Å². The highest BCUT2D eigenvalue weighted by Crippen LogP contribution is 2.13. The van der Waals surface area contributed by atoms with E-state index < -0.39 is 0 Å². The van der Waals surface area contributed by atoms with Crippen molar-refractivity contribution in [3.8, 4) is 0 Å². The second-order valence-electron chi connectivity index (χ2n) is 1.59. The van der Waals surface area contributed by atoms with Crippen molar-refractivity contribution in [3.05, 3.63) is 0 Å². The number of carbonyl (C=O) groups excluding carboxylic acids is 1. The van der Waals surface area contributed by atoms with Gasteiger partial charge in [0, 0.05) is 16.2 Å². The van der Waals surface area contributed by atoms with Crippen LogP contribution in [0.15, 0.2) is 0 Å². The highest BCUT2D eigenvalue weighted by Gasteiger charge is 2.19. The molecule has 1 aliphatic heterocycles. The first-order chi connectivity index (χ1) is 3.83.